The number of hydrogen-bond donors (Lipinski definition) is 1. The molecule has 1 aromatic carbocycles. The summed E-state index contributed by atoms with van der Waals surface area (Å²) in [6, 6.07) is 12.4. The molecule has 3 rings (SSSR count). The molecule has 0 spiro atoms. The Bertz CT molecular complexity index is 712. The number of benzene rings is 1. The Hall–Kier alpha value is -2.38. The first kappa shape index (κ1) is 22.3. The molecule has 0 aliphatic carbocycles. The van der Waals surface area contributed by atoms with Gasteiger partial charge < -0.3 is 19.5 Å². The van der Waals surface area contributed by atoms with Gasteiger partial charge in [-0.15, -0.1) is 0 Å². The van der Waals surface area contributed by atoms with Gasteiger partial charge >= 0.3 is 0 Å². The van der Waals surface area contributed by atoms with Crippen molar-refractivity contribution in [1.29, 1.82) is 0 Å². The average molecular weight is 414 g/mol. The molecule has 30 heavy (non-hydrogen) atoms. The molecular formula is C23H35N5O2. The standard InChI is InChI=1S/C23H35N5O2/c1-2-24-23(28-15-13-27(14-16-28)20-22-11-19-30-26-22)25-12-6-7-17-29-18-10-21-8-4-3-5-9-21/h3-5,8-9,11,19H,2,6-7,10,12-18,20H2,1H3,(H,24,25). The number of piperazine rings is 1. The maximum absolute atomic E-state index is 5.77. The van der Waals surface area contributed by atoms with Gasteiger partial charge in [0.1, 0.15) is 6.26 Å². The highest BCUT2D eigenvalue weighted by Gasteiger charge is 2.20. The number of nitrogens with one attached hydrogen (secondary N) is 1. The second-order valence-electron chi connectivity index (χ2n) is 7.54. The van der Waals surface area contributed by atoms with Crippen LogP contribution >= 0.6 is 0 Å². The van der Waals surface area contributed by atoms with Crippen LogP contribution < -0.4 is 5.32 Å². The summed E-state index contributed by atoms with van der Waals surface area (Å²) >= 11 is 0. The van der Waals surface area contributed by atoms with Crippen molar-refractivity contribution in [2.75, 3.05) is 52.5 Å². The molecule has 1 N–H and O–H groups in total. The fourth-order valence-corrected chi connectivity index (χ4v) is 3.53. The summed E-state index contributed by atoms with van der Waals surface area (Å²) in [4.78, 5) is 9.60. The largest absolute Gasteiger partial charge is 0.381 e. The number of aromatic nitrogens is 1. The maximum atomic E-state index is 5.77. The van der Waals surface area contributed by atoms with Crippen molar-refractivity contribution < 1.29 is 9.26 Å². The first-order valence-corrected chi connectivity index (χ1v) is 11.1. The molecule has 1 fully saturated rings. The summed E-state index contributed by atoms with van der Waals surface area (Å²) in [5.41, 5.74) is 2.33. The molecule has 0 bridgehead atoms. The predicted molar refractivity (Wildman–Crippen MR) is 120 cm³/mol. The van der Waals surface area contributed by atoms with Gasteiger partial charge in [0.15, 0.2) is 5.96 Å². The number of guanidine groups is 1. The number of rotatable bonds is 11. The number of unbranched alkanes of at least 4 members (excludes halogenated alkanes) is 1. The van der Waals surface area contributed by atoms with Crippen LogP contribution in [-0.4, -0.2) is 73.4 Å². The van der Waals surface area contributed by atoms with E-state index in [0.29, 0.717) is 0 Å². The van der Waals surface area contributed by atoms with Gasteiger partial charge in [-0.25, -0.2) is 0 Å². The van der Waals surface area contributed by atoms with Crippen molar-refractivity contribution in [3.05, 3.63) is 53.9 Å². The van der Waals surface area contributed by atoms with Crippen LogP contribution in [0.25, 0.3) is 0 Å². The molecule has 1 aliphatic rings. The highest BCUT2D eigenvalue weighted by molar-refractivity contribution is 5.80. The van der Waals surface area contributed by atoms with E-state index >= 15 is 0 Å². The van der Waals surface area contributed by atoms with Gasteiger partial charge in [-0.2, -0.15) is 0 Å². The highest BCUT2D eigenvalue weighted by Crippen LogP contribution is 2.07. The van der Waals surface area contributed by atoms with Gasteiger partial charge in [-0.1, -0.05) is 35.5 Å². The molecule has 1 aromatic heterocycles. The third kappa shape index (κ3) is 7.80. The Balaban J connectivity index is 1.29. The van der Waals surface area contributed by atoms with E-state index in [9.17, 15) is 0 Å². The third-order valence-corrected chi connectivity index (χ3v) is 5.22. The van der Waals surface area contributed by atoms with Gasteiger partial charge in [-0.05, 0) is 31.7 Å². The second kappa shape index (κ2) is 13.0. The number of hydrogen-bond acceptors (Lipinski definition) is 5. The molecule has 2 aromatic rings. The van der Waals surface area contributed by atoms with Crippen LogP contribution in [0.4, 0.5) is 0 Å². The molecular weight excluding hydrogens is 378 g/mol. The molecule has 1 saturated heterocycles. The molecule has 0 unspecified atom stereocenters. The first-order valence-electron chi connectivity index (χ1n) is 11.1. The summed E-state index contributed by atoms with van der Waals surface area (Å²) in [7, 11) is 0. The molecule has 0 radical (unpaired) electrons. The zero-order valence-electron chi connectivity index (χ0n) is 18.1. The fraction of sp³-hybridized carbons (Fsp3) is 0.565. The monoisotopic (exact) mass is 413 g/mol. The van der Waals surface area contributed by atoms with Crippen molar-refractivity contribution in [1.82, 2.24) is 20.3 Å². The van der Waals surface area contributed by atoms with E-state index in [0.717, 1.165) is 89.9 Å². The van der Waals surface area contributed by atoms with E-state index in [1.54, 1.807) is 6.26 Å². The van der Waals surface area contributed by atoms with E-state index in [2.05, 4.69) is 51.5 Å². The topological polar surface area (TPSA) is 66.1 Å². The lowest BCUT2D eigenvalue weighted by Gasteiger charge is -2.36. The lowest BCUT2D eigenvalue weighted by molar-refractivity contribution is 0.133. The zero-order chi connectivity index (χ0) is 20.9. The Morgan fingerprint density at radius 1 is 1.10 bits per heavy atom. The van der Waals surface area contributed by atoms with Gasteiger partial charge in [0.05, 0.1) is 12.3 Å². The lowest BCUT2D eigenvalue weighted by atomic mass is 10.2. The molecule has 1 aliphatic heterocycles. The van der Waals surface area contributed by atoms with Gasteiger partial charge in [-0.3, -0.25) is 9.89 Å². The minimum Gasteiger partial charge on any atom is -0.381 e. The van der Waals surface area contributed by atoms with Crippen LogP contribution in [-0.2, 0) is 17.7 Å². The Kier molecular flexibility index (Phi) is 9.69. The van der Waals surface area contributed by atoms with Crippen molar-refractivity contribution in [3.8, 4) is 0 Å². The van der Waals surface area contributed by atoms with Crippen molar-refractivity contribution >= 4 is 5.96 Å². The van der Waals surface area contributed by atoms with Crippen molar-refractivity contribution in [3.63, 3.8) is 0 Å². The van der Waals surface area contributed by atoms with Crippen LogP contribution in [0, 0.1) is 0 Å². The smallest absolute Gasteiger partial charge is 0.194 e. The van der Waals surface area contributed by atoms with Gasteiger partial charge in [0.25, 0.3) is 0 Å². The Morgan fingerprint density at radius 3 is 2.67 bits per heavy atom. The lowest BCUT2D eigenvalue weighted by Crippen LogP contribution is -2.52. The SMILES string of the molecule is CCNC(=NCCCCOCCc1ccccc1)N1CCN(Cc2ccon2)CC1. The molecule has 2 heterocycles. The van der Waals surface area contributed by atoms with Crippen LogP contribution in [0.5, 0.6) is 0 Å². The van der Waals surface area contributed by atoms with Crippen molar-refractivity contribution in [2.45, 2.75) is 32.7 Å². The van der Waals surface area contributed by atoms with Crippen LogP contribution in [0.3, 0.4) is 0 Å². The minimum atomic E-state index is 0.786. The predicted octanol–water partition coefficient (Wildman–Crippen LogP) is 2.80. The molecule has 0 saturated carbocycles. The Morgan fingerprint density at radius 2 is 1.93 bits per heavy atom. The average Bonchev–Trinajstić information content (AvgIpc) is 3.29. The van der Waals surface area contributed by atoms with Crippen LogP contribution in [0.2, 0.25) is 0 Å². The minimum absolute atomic E-state index is 0.786. The normalized spacial score (nSPS) is 15.5. The summed E-state index contributed by atoms with van der Waals surface area (Å²) < 4.78 is 10.7. The van der Waals surface area contributed by atoms with Gasteiger partial charge in [0.2, 0.25) is 0 Å². The van der Waals surface area contributed by atoms with E-state index in [1.165, 1.54) is 5.56 Å². The molecule has 0 amide bonds. The fourth-order valence-electron chi connectivity index (χ4n) is 3.53. The summed E-state index contributed by atoms with van der Waals surface area (Å²) in [5.74, 6) is 1.03. The zero-order valence-corrected chi connectivity index (χ0v) is 18.1. The molecule has 164 valence electrons. The van der Waals surface area contributed by atoms with E-state index in [1.807, 2.05) is 12.1 Å². The quantitative estimate of drug-likeness (QED) is 0.347. The number of nitrogens with zero attached hydrogens (tertiary/aromatic N) is 4. The van der Waals surface area contributed by atoms with E-state index < -0.39 is 0 Å². The van der Waals surface area contributed by atoms with Crippen molar-refractivity contribution in [2.24, 2.45) is 4.99 Å². The highest BCUT2D eigenvalue weighted by atomic mass is 16.5. The first-order chi connectivity index (χ1) is 14.8. The van der Waals surface area contributed by atoms with Crippen LogP contribution in [0.1, 0.15) is 31.0 Å². The Labute approximate surface area is 180 Å². The van der Waals surface area contributed by atoms with E-state index in [4.69, 9.17) is 14.3 Å². The number of aliphatic imine (C=N–C) groups is 1. The van der Waals surface area contributed by atoms with E-state index in [-0.39, 0.29) is 0 Å². The molecule has 7 nitrogen and oxygen atoms in total. The summed E-state index contributed by atoms with van der Waals surface area (Å²) in [6.07, 6.45) is 4.71. The summed E-state index contributed by atoms with van der Waals surface area (Å²) in [6.45, 7) is 10.3. The number of ether oxygens (including phenoxy) is 1. The maximum Gasteiger partial charge on any atom is 0.194 e. The summed E-state index contributed by atoms with van der Waals surface area (Å²) in [5, 5.41) is 7.45. The molecule has 0 atom stereocenters. The molecule has 7 heteroatoms. The van der Waals surface area contributed by atoms with Crippen LogP contribution in [0.15, 0.2) is 52.2 Å². The second-order valence-corrected chi connectivity index (χ2v) is 7.54. The third-order valence-electron chi connectivity index (χ3n) is 5.22. The van der Waals surface area contributed by atoms with Gasteiger partial charge in [0, 0.05) is 58.5 Å².